The number of carbonyl (C=O) groups is 1. The number of aryl methyl sites for hydroxylation is 1. The predicted molar refractivity (Wildman–Crippen MR) is 110 cm³/mol. The summed E-state index contributed by atoms with van der Waals surface area (Å²) in [7, 11) is 0. The SMILES string of the molecule is CC(C)Sc1ccc(CC(=O)NCC(C)(O)CCc2ccccc2)cc1. The Balaban J connectivity index is 1.76. The fourth-order valence-electron chi connectivity index (χ4n) is 2.64. The van der Waals surface area contributed by atoms with Gasteiger partial charge in [0.05, 0.1) is 12.0 Å². The molecule has 2 rings (SSSR count). The number of carbonyl (C=O) groups excluding carboxylic acids is 1. The van der Waals surface area contributed by atoms with Gasteiger partial charge in [-0.2, -0.15) is 0 Å². The molecule has 4 heteroatoms. The Morgan fingerprint density at radius 2 is 1.73 bits per heavy atom. The van der Waals surface area contributed by atoms with Crippen LogP contribution in [0.5, 0.6) is 0 Å². The first-order valence-electron chi connectivity index (χ1n) is 9.13. The van der Waals surface area contributed by atoms with Gasteiger partial charge in [0.1, 0.15) is 0 Å². The van der Waals surface area contributed by atoms with Crippen LogP contribution in [-0.4, -0.2) is 28.4 Å². The van der Waals surface area contributed by atoms with E-state index in [1.54, 1.807) is 6.92 Å². The molecule has 2 aromatic carbocycles. The molecule has 0 bridgehead atoms. The molecule has 2 aromatic rings. The van der Waals surface area contributed by atoms with Crippen LogP contribution in [0.3, 0.4) is 0 Å². The van der Waals surface area contributed by atoms with Gasteiger partial charge in [0.15, 0.2) is 0 Å². The second kappa shape index (κ2) is 9.79. The van der Waals surface area contributed by atoms with Gasteiger partial charge in [0.25, 0.3) is 0 Å². The van der Waals surface area contributed by atoms with Gasteiger partial charge in [0.2, 0.25) is 5.91 Å². The van der Waals surface area contributed by atoms with E-state index in [1.165, 1.54) is 10.5 Å². The minimum absolute atomic E-state index is 0.0609. The van der Waals surface area contributed by atoms with Gasteiger partial charge in [-0.25, -0.2) is 0 Å². The average Bonchev–Trinajstić information content (AvgIpc) is 2.61. The highest BCUT2D eigenvalue weighted by Crippen LogP contribution is 2.23. The van der Waals surface area contributed by atoms with E-state index >= 15 is 0 Å². The number of rotatable bonds is 9. The summed E-state index contributed by atoms with van der Waals surface area (Å²) in [6, 6.07) is 18.2. The molecule has 140 valence electrons. The Morgan fingerprint density at radius 1 is 1.08 bits per heavy atom. The van der Waals surface area contributed by atoms with Crippen molar-refractivity contribution in [3.8, 4) is 0 Å². The first-order valence-corrected chi connectivity index (χ1v) is 10.0. The third-order valence-electron chi connectivity index (χ3n) is 4.12. The summed E-state index contributed by atoms with van der Waals surface area (Å²) in [5.41, 5.74) is 1.27. The van der Waals surface area contributed by atoms with Gasteiger partial charge in [-0.15, -0.1) is 11.8 Å². The number of aliphatic hydroxyl groups is 1. The van der Waals surface area contributed by atoms with Crippen LogP contribution >= 0.6 is 11.8 Å². The molecule has 0 aliphatic rings. The zero-order valence-corrected chi connectivity index (χ0v) is 16.7. The lowest BCUT2D eigenvalue weighted by molar-refractivity contribution is -0.121. The molecule has 0 aliphatic carbocycles. The second-order valence-corrected chi connectivity index (χ2v) is 8.90. The van der Waals surface area contributed by atoms with Gasteiger partial charge in [-0.1, -0.05) is 56.3 Å². The highest BCUT2D eigenvalue weighted by atomic mass is 32.2. The number of thioether (sulfide) groups is 1. The van der Waals surface area contributed by atoms with Crippen molar-refractivity contribution in [3.05, 3.63) is 65.7 Å². The minimum atomic E-state index is -0.913. The summed E-state index contributed by atoms with van der Waals surface area (Å²) in [5, 5.41) is 13.9. The molecule has 0 spiro atoms. The van der Waals surface area contributed by atoms with Crippen molar-refractivity contribution in [2.24, 2.45) is 0 Å². The maximum absolute atomic E-state index is 12.2. The zero-order valence-electron chi connectivity index (χ0n) is 15.9. The predicted octanol–water partition coefficient (Wildman–Crippen LogP) is 4.23. The monoisotopic (exact) mass is 371 g/mol. The number of hydrogen-bond donors (Lipinski definition) is 2. The van der Waals surface area contributed by atoms with E-state index in [9.17, 15) is 9.90 Å². The van der Waals surface area contributed by atoms with Crippen molar-refractivity contribution in [2.45, 2.75) is 55.8 Å². The first kappa shape index (κ1) is 20.5. The molecule has 0 heterocycles. The van der Waals surface area contributed by atoms with Crippen LogP contribution in [0.2, 0.25) is 0 Å². The largest absolute Gasteiger partial charge is 0.388 e. The highest BCUT2D eigenvalue weighted by molar-refractivity contribution is 7.99. The lowest BCUT2D eigenvalue weighted by Crippen LogP contribution is -2.41. The summed E-state index contributed by atoms with van der Waals surface area (Å²) in [5.74, 6) is -0.0609. The molecule has 0 saturated heterocycles. The van der Waals surface area contributed by atoms with E-state index < -0.39 is 5.60 Å². The molecule has 26 heavy (non-hydrogen) atoms. The van der Waals surface area contributed by atoms with Gasteiger partial charge in [-0.3, -0.25) is 4.79 Å². The zero-order chi connectivity index (χ0) is 19.0. The fraction of sp³-hybridized carbons (Fsp3) is 0.409. The summed E-state index contributed by atoms with van der Waals surface area (Å²) in [6.45, 7) is 6.36. The maximum atomic E-state index is 12.2. The van der Waals surface area contributed by atoms with Crippen LogP contribution in [0.25, 0.3) is 0 Å². The Hall–Kier alpha value is -1.78. The first-order chi connectivity index (χ1) is 12.3. The van der Waals surface area contributed by atoms with E-state index in [0.717, 1.165) is 12.0 Å². The third kappa shape index (κ3) is 7.63. The van der Waals surface area contributed by atoms with Crippen molar-refractivity contribution in [1.29, 1.82) is 0 Å². The van der Waals surface area contributed by atoms with Crippen LogP contribution in [0.4, 0.5) is 0 Å². The van der Waals surface area contributed by atoms with E-state index in [2.05, 4.69) is 43.4 Å². The van der Waals surface area contributed by atoms with Crippen molar-refractivity contribution in [1.82, 2.24) is 5.32 Å². The molecule has 2 N–H and O–H groups in total. The molecule has 0 aromatic heterocycles. The number of amides is 1. The van der Waals surface area contributed by atoms with Crippen LogP contribution < -0.4 is 5.32 Å². The Morgan fingerprint density at radius 3 is 2.35 bits per heavy atom. The summed E-state index contributed by atoms with van der Waals surface area (Å²) in [4.78, 5) is 13.4. The second-order valence-electron chi connectivity index (χ2n) is 7.25. The van der Waals surface area contributed by atoms with E-state index in [1.807, 2.05) is 42.1 Å². The number of benzene rings is 2. The molecule has 0 saturated carbocycles. The van der Waals surface area contributed by atoms with Crippen LogP contribution in [0.15, 0.2) is 59.5 Å². The molecular weight excluding hydrogens is 342 g/mol. The van der Waals surface area contributed by atoms with E-state index in [-0.39, 0.29) is 12.5 Å². The molecule has 1 atom stereocenters. The molecule has 1 amide bonds. The molecule has 1 unspecified atom stereocenters. The van der Waals surface area contributed by atoms with Crippen LogP contribution in [0.1, 0.15) is 38.3 Å². The Bertz CT molecular complexity index is 681. The lowest BCUT2D eigenvalue weighted by Gasteiger charge is -2.23. The van der Waals surface area contributed by atoms with Crippen LogP contribution in [-0.2, 0) is 17.6 Å². The molecule has 3 nitrogen and oxygen atoms in total. The van der Waals surface area contributed by atoms with Crippen molar-refractivity contribution < 1.29 is 9.90 Å². The number of nitrogens with one attached hydrogen (secondary N) is 1. The molecule has 0 fully saturated rings. The van der Waals surface area contributed by atoms with Crippen LogP contribution in [0, 0.1) is 0 Å². The Kier molecular flexibility index (Phi) is 7.73. The van der Waals surface area contributed by atoms with Gasteiger partial charge in [-0.05, 0) is 43.0 Å². The topological polar surface area (TPSA) is 49.3 Å². The minimum Gasteiger partial charge on any atom is -0.388 e. The molecule has 0 radical (unpaired) electrons. The van der Waals surface area contributed by atoms with E-state index in [0.29, 0.717) is 18.1 Å². The quantitative estimate of drug-likeness (QED) is 0.649. The summed E-state index contributed by atoms with van der Waals surface area (Å²) < 4.78 is 0. The summed E-state index contributed by atoms with van der Waals surface area (Å²) in [6.07, 6.45) is 1.73. The average molecular weight is 372 g/mol. The normalized spacial score (nSPS) is 13.4. The molecule has 0 aliphatic heterocycles. The fourth-order valence-corrected chi connectivity index (χ4v) is 3.48. The third-order valence-corrected chi connectivity index (χ3v) is 5.14. The van der Waals surface area contributed by atoms with Crippen molar-refractivity contribution in [2.75, 3.05) is 6.54 Å². The number of hydrogen-bond acceptors (Lipinski definition) is 3. The van der Waals surface area contributed by atoms with Gasteiger partial charge >= 0.3 is 0 Å². The Labute approximate surface area is 161 Å². The maximum Gasteiger partial charge on any atom is 0.224 e. The highest BCUT2D eigenvalue weighted by Gasteiger charge is 2.21. The van der Waals surface area contributed by atoms with Gasteiger partial charge < -0.3 is 10.4 Å². The smallest absolute Gasteiger partial charge is 0.224 e. The molecular formula is C22H29NO2S. The standard InChI is InChI=1S/C22H29NO2S/c1-17(2)26-20-11-9-19(10-12-20)15-21(24)23-16-22(3,25)14-13-18-7-5-4-6-8-18/h4-12,17,25H,13-16H2,1-3H3,(H,23,24). The van der Waals surface area contributed by atoms with Crippen molar-refractivity contribution >= 4 is 17.7 Å². The summed E-state index contributed by atoms with van der Waals surface area (Å²) >= 11 is 1.81. The van der Waals surface area contributed by atoms with E-state index in [4.69, 9.17) is 0 Å². The van der Waals surface area contributed by atoms with Crippen molar-refractivity contribution in [3.63, 3.8) is 0 Å². The van der Waals surface area contributed by atoms with Gasteiger partial charge in [0, 0.05) is 16.7 Å². The lowest BCUT2D eigenvalue weighted by atomic mass is 9.96.